The summed E-state index contributed by atoms with van der Waals surface area (Å²) in [5.41, 5.74) is 0.200. The molecule has 0 atom stereocenters. The van der Waals surface area contributed by atoms with Gasteiger partial charge in [-0.1, -0.05) is 30.2 Å². The average Bonchev–Trinajstić information content (AvgIpc) is 2.75. The van der Waals surface area contributed by atoms with Gasteiger partial charge >= 0.3 is 0 Å². The first-order valence-electron chi connectivity index (χ1n) is 6.43. The first-order valence-corrected chi connectivity index (χ1v) is 7.87. The van der Waals surface area contributed by atoms with Crippen molar-refractivity contribution in [3.8, 4) is 12.3 Å². The maximum atomic E-state index is 12.6. The van der Waals surface area contributed by atoms with Crippen LogP contribution in [0, 0.1) is 26.2 Å². The average molecular weight is 310 g/mol. The van der Waals surface area contributed by atoms with Crippen LogP contribution in [-0.4, -0.2) is 30.3 Å². The molecule has 21 heavy (non-hydrogen) atoms. The second-order valence-electron chi connectivity index (χ2n) is 4.35. The Bertz CT molecular complexity index is 661. The Hall–Kier alpha value is -2.07. The zero-order valence-electron chi connectivity index (χ0n) is 12.3. The van der Waals surface area contributed by atoms with Gasteiger partial charge in [0, 0.05) is 6.42 Å². The number of hydrogen-bond acceptors (Lipinski definition) is 5. The molecule has 0 radical (unpaired) electrons. The van der Waals surface area contributed by atoms with Crippen molar-refractivity contribution in [1.29, 1.82) is 0 Å². The predicted molar refractivity (Wildman–Crippen MR) is 77.8 cm³/mol. The van der Waals surface area contributed by atoms with Gasteiger partial charge in [-0.2, -0.15) is 0 Å². The van der Waals surface area contributed by atoms with Crippen LogP contribution in [0.4, 0.5) is 0 Å². The monoisotopic (exact) mass is 310 g/mol. The third kappa shape index (κ3) is 3.73. The third-order valence-electron chi connectivity index (χ3n) is 2.72. The molecule has 0 spiro atoms. The molecule has 1 aromatic rings. The number of amides is 1. The van der Waals surface area contributed by atoms with E-state index in [0.29, 0.717) is 4.31 Å². The highest BCUT2D eigenvalue weighted by molar-refractivity contribution is 7.89. The normalized spacial score (nSPS) is 11.5. The lowest BCUT2D eigenvalue weighted by Crippen LogP contribution is -2.37. The molecule has 0 fully saturated rings. The number of rotatable bonds is 6. The van der Waals surface area contributed by atoms with Gasteiger partial charge in [0.15, 0.2) is 10.7 Å². The lowest BCUT2D eigenvalue weighted by atomic mass is 10.3. The van der Waals surface area contributed by atoms with Gasteiger partial charge in [-0.3, -0.25) is 4.79 Å². The minimum Gasteiger partial charge on any atom is -0.360 e. The van der Waals surface area contributed by atoms with Crippen LogP contribution in [0.1, 0.15) is 31.2 Å². The fourth-order valence-electron chi connectivity index (χ4n) is 1.80. The third-order valence-corrected chi connectivity index (χ3v) is 4.74. The Kier molecular flexibility index (Phi) is 5.73. The predicted octanol–water partition coefficient (Wildman–Crippen LogP) is 1.80. The summed E-state index contributed by atoms with van der Waals surface area (Å²) in [5, 5.41) is 3.60. The zero-order chi connectivity index (χ0) is 16.0. The van der Waals surface area contributed by atoms with E-state index >= 15 is 0 Å². The highest BCUT2D eigenvalue weighted by Gasteiger charge is 2.33. The number of hydrogen-bond donors (Lipinski definition) is 0. The highest BCUT2D eigenvalue weighted by Crippen LogP contribution is 2.23. The van der Waals surface area contributed by atoms with E-state index in [4.69, 9.17) is 10.9 Å². The molecule has 0 N–H and O–H groups in total. The fourth-order valence-corrected chi connectivity index (χ4v) is 3.41. The van der Waals surface area contributed by atoms with E-state index in [1.54, 1.807) is 12.2 Å². The van der Waals surface area contributed by atoms with Crippen LogP contribution >= 0.6 is 0 Å². The number of nitrogens with zero attached hydrogens (tertiary/aromatic N) is 2. The number of aromatic nitrogens is 1. The standard InChI is InChI=1S/C14H18N2O4S/c1-5-7-8-9-13(17)16(10-6-2)21(18,19)14-11(3)15-20-12(14)4/h2,7-8H,5,9-10H2,1,3-4H3/b8-7+. The molecule has 1 aromatic heterocycles. The minimum absolute atomic E-state index is 0.0296. The number of carbonyl (C=O) groups is 1. The van der Waals surface area contributed by atoms with Crippen LogP contribution in [0.5, 0.6) is 0 Å². The first kappa shape index (κ1) is 17.0. The fraction of sp³-hybridized carbons (Fsp3) is 0.429. The molecular formula is C14H18N2O4S. The van der Waals surface area contributed by atoms with Crippen molar-refractivity contribution in [2.24, 2.45) is 0 Å². The number of aryl methyl sites for hydroxylation is 2. The molecule has 0 unspecified atom stereocenters. The van der Waals surface area contributed by atoms with E-state index < -0.39 is 15.9 Å². The van der Waals surface area contributed by atoms with Crippen LogP contribution in [0.25, 0.3) is 0 Å². The van der Waals surface area contributed by atoms with Crippen molar-refractivity contribution >= 4 is 15.9 Å². The number of terminal acetylenes is 1. The maximum Gasteiger partial charge on any atom is 0.272 e. The smallest absolute Gasteiger partial charge is 0.272 e. The molecule has 0 aromatic carbocycles. The lowest BCUT2D eigenvalue weighted by molar-refractivity contribution is -0.125. The maximum absolute atomic E-state index is 12.6. The summed E-state index contributed by atoms with van der Waals surface area (Å²) in [5.74, 6) is 1.74. The second-order valence-corrected chi connectivity index (χ2v) is 6.15. The molecule has 114 valence electrons. The topological polar surface area (TPSA) is 80.5 Å². The molecule has 1 rings (SSSR count). The molecule has 0 bridgehead atoms. The van der Waals surface area contributed by atoms with Crippen LogP contribution in [-0.2, 0) is 14.8 Å². The summed E-state index contributed by atoms with van der Waals surface area (Å²) in [4.78, 5) is 12.0. The van der Waals surface area contributed by atoms with Gasteiger partial charge in [-0.15, -0.1) is 6.42 Å². The van der Waals surface area contributed by atoms with E-state index in [2.05, 4.69) is 11.1 Å². The molecule has 0 saturated carbocycles. The van der Waals surface area contributed by atoms with Gasteiger partial charge in [-0.05, 0) is 20.3 Å². The Labute approximate surface area is 124 Å². The van der Waals surface area contributed by atoms with Crippen molar-refractivity contribution in [2.75, 3.05) is 6.54 Å². The molecule has 1 amide bonds. The van der Waals surface area contributed by atoms with Crippen LogP contribution in [0.15, 0.2) is 21.6 Å². The van der Waals surface area contributed by atoms with Crippen molar-refractivity contribution in [1.82, 2.24) is 9.46 Å². The molecule has 0 saturated heterocycles. The van der Waals surface area contributed by atoms with E-state index in [0.717, 1.165) is 6.42 Å². The number of carbonyl (C=O) groups excluding carboxylic acids is 1. The van der Waals surface area contributed by atoms with Crippen LogP contribution in [0.3, 0.4) is 0 Å². The van der Waals surface area contributed by atoms with Crippen LogP contribution in [0.2, 0.25) is 0 Å². The summed E-state index contributed by atoms with van der Waals surface area (Å²) in [7, 11) is -4.07. The van der Waals surface area contributed by atoms with Gasteiger partial charge in [0.2, 0.25) is 5.91 Å². The Morgan fingerprint density at radius 2 is 2.10 bits per heavy atom. The van der Waals surface area contributed by atoms with Gasteiger partial charge in [0.05, 0.1) is 6.54 Å². The van der Waals surface area contributed by atoms with Gasteiger partial charge in [0.25, 0.3) is 10.0 Å². The highest BCUT2D eigenvalue weighted by atomic mass is 32.2. The molecule has 7 heteroatoms. The molecule has 0 aliphatic heterocycles. The first-order chi connectivity index (χ1) is 9.86. The van der Waals surface area contributed by atoms with Gasteiger partial charge in [0.1, 0.15) is 5.69 Å². The number of sulfonamides is 1. The molecular weight excluding hydrogens is 292 g/mol. The summed E-state index contributed by atoms with van der Waals surface area (Å²) >= 11 is 0. The Morgan fingerprint density at radius 3 is 2.57 bits per heavy atom. The van der Waals surface area contributed by atoms with E-state index in [9.17, 15) is 13.2 Å². The summed E-state index contributed by atoms with van der Waals surface area (Å²) in [6, 6.07) is 0. The summed E-state index contributed by atoms with van der Waals surface area (Å²) in [6.07, 6.45) is 9.32. The Balaban J connectivity index is 3.19. The van der Waals surface area contributed by atoms with Crippen molar-refractivity contribution < 1.29 is 17.7 Å². The van der Waals surface area contributed by atoms with Crippen molar-refractivity contribution in [2.45, 2.75) is 38.5 Å². The van der Waals surface area contributed by atoms with Gasteiger partial charge in [-0.25, -0.2) is 12.7 Å². The largest absolute Gasteiger partial charge is 0.360 e. The van der Waals surface area contributed by atoms with E-state index in [1.807, 2.05) is 6.92 Å². The van der Waals surface area contributed by atoms with Crippen LogP contribution < -0.4 is 0 Å². The molecule has 6 nitrogen and oxygen atoms in total. The van der Waals surface area contributed by atoms with Crippen molar-refractivity contribution in [3.05, 3.63) is 23.6 Å². The second kappa shape index (κ2) is 7.09. The number of allylic oxidation sites excluding steroid dienone is 1. The van der Waals surface area contributed by atoms with Crippen molar-refractivity contribution in [3.63, 3.8) is 0 Å². The SMILES string of the molecule is C#CCN(C(=O)C/C=C/CC)S(=O)(=O)c1c(C)noc1C. The Morgan fingerprint density at radius 1 is 1.43 bits per heavy atom. The lowest BCUT2D eigenvalue weighted by Gasteiger charge is -2.19. The summed E-state index contributed by atoms with van der Waals surface area (Å²) in [6.45, 7) is 4.56. The van der Waals surface area contributed by atoms with E-state index in [1.165, 1.54) is 13.8 Å². The van der Waals surface area contributed by atoms with Gasteiger partial charge < -0.3 is 4.52 Å². The zero-order valence-corrected chi connectivity index (χ0v) is 13.1. The molecule has 1 heterocycles. The molecule has 0 aliphatic carbocycles. The summed E-state index contributed by atoms with van der Waals surface area (Å²) < 4.78 is 30.7. The quantitative estimate of drug-likeness (QED) is 0.591. The molecule has 0 aliphatic rings. The van der Waals surface area contributed by atoms with E-state index in [-0.39, 0.29) is 29.3 Å². The minimum atomic E-state index is -4.07.